The fourth-order valence-corrected chi connectivity index (χ4v) is 4.54. The summed E-state index contributed by atoms with van der Waals surface area (Å²) in [6, 6.07) is 27.0. The first-order valence-corrected chi connectivity index (χ1v) is 12.8. The first-order valence-electron chi connectivity index (χ1n) is 11.0. The van der Waals surface area contributed by atoms with E-state index in [1.807, 2.05) is 98.8 Å². The van der Waals surface area contributed by atoms with E-state index in [0.29, 0.717) is 13.0 Å². The molecule has 0 aliphatic rings. The molecule has 0 saturated carbocycles. The number of amides is 2. The summed E-state index contributed by atoms with van der Waals surface area (Å²) >= 11 is 4.96. The Morgan fingerprint density at radius 2 is 1.48 bits per heavy atom. The van der Waals surface area contributed by atoms with E-state index >= 15 is 0 Å². The number of hydrogen-bond donors (Lipinski definition) is 1. The lowest BCUT2D eigenvalue weighted by Crippen LogP contribution is -2.52. The fourth-order valence-electron chi connectivity index (χ4n) is 3.47. The van der Waals surface area contributed by atoms with E-state index in [-0.39, 0.29) is 23.6 Å². The van der Waals surface area contributed by atoms with Gasteiger partial charge in [0.2, 0.25) is 11.8 Å². The largest absolute Gasteiger partial charge is 0.352 e. The minimum atomic E-state index is -0.609. The first-order chi connectivity index (χ1) is 15.9. The van der Waals surface area contributed by atoms with Gasteiger partial charge in [-0.1, -0.05) is 76.6 Å². The predicted octanol–water partition coefficient (Wildman–Crippen LogP) is 5.71. The van der Waals surface area contributed by atoms with Crippen molar-refractivity contribution in [2.45, 2.75) is 43.8 Å². The summed E-state index contributed by atoms with van der Waals surface area (Å²) in [6.07, 6.45) is 0.456. The molecule has 0 saturated heterocycles. The maximum Gasteiger partial charge on any atom is 0.243 e. The SMILES string of the molecule is CC(C)NC(=O)C(Cc1ccccc1)N(Cc1ccc(Br)cc1)C(=O)CSc1ccccc1. The van der Waals surface area contributed by atoms with Crippen LogP contribution in [0.3, 0.4) is 0 Å². The third kappa shape index (κ3) is 8.06. The number of halogens is 1. The lowest BCUT2D eigenvalue weighted by atomic mass is 10.0. The van der Waals surface area contributed by atoms with Gasteiger partial charge in [0.05, 0.1) is 5.75 Å². The van der Waals surface area contributed by atoms with Gasteiger partial charge in [0, 0.05) is 28.4 Å². The van der Waals surface area contributed by atoms with Crippen LogP contribution in [0.4, 0.5) is 0 Å². The summed E-state index contributed by atoms with van der Waals surface area (Å²) in [7, 11) is 0. The second kappa shape index (κ2) is 12.6. The van der Waals surface area contributed by atoms with Gasteiger partial charge in [-0.15, -0.1) is 11.8 Å². The molecular formula is C27H29BrN2O2S. The molecule has 3 aromatic rings. The molecule has 0 heterocycles. The average Bonchev–Trinajstić information content (AvgIpc) is 2.82. The van der Waals surface area contributed by atoms with Crippen molar-refractivity contribution in [3.8, 4) is 0 Å². The number of thioether (sulfide) groups is 1. The van der Waals surface area contributed by atoms with Crippen molar-refractivity contribution in [2.75, 3.05) is 5.75 Å². The Labute approximate surface area is 208 Å². The molecule has 172 valence electrons. The lowest BCUT2D eigenvalue weighted by Gasteiger charge is -2.32. The van der Waals surface area contributed by atoms with Crippen molar-refractivity contribution < 1.29 is 9.59 Å². The summed E-state index contributed by atoms with van der Waals surface area (Å²) in [5.74, 6) is 0.0662. The highest BCUT2D eigenvalue weighted by atomic mass is 79.9. The topological polar surface area (TPSA) is 49.4 Å². The zero-order chi connectivity index (χ0) is 23.6. The molecule has 1 N–H and O–H groups in total. The van der Waals surface area contributed by atoms with Crippen LogP contribution in [0.5, 0.6) is 0 Å². The number of carbonyl (C=O) groups excluding carboxylic acids is 2. The zero-order valence-corrected chi connectivity index (χ0v) is 21.3. The molecule has 33 heavy (non-hydrogen) atoms. The Morgan fingerprint density at radius 1 is 0.879 bits per heavy atom. The van der Waals surface area contributed by atoms with E-state index in [4.69, 9.17) is 0 Å². The predicted molar refractivity (Wildman–Crippen MR) is 139 cm³/mol. The number of carbonyl (C=O) groups is 2. The number of benzene rings is 3. The van der Waals surface area contributed by atoms with E-state index < -0.39 is 6.04 Å². The van der Waals surface area contributed by atoms with Crippen LogP contribution in [-0.4, -0.2) is 34.6 Å². The Kier molecular flexibility index (Phi) is 9.58. The molecule has 0 aromatic heterocycles. The van der Waals surface area contributed by atoms with Crippen LogP contribution in [0, 0.1) is 0 Å². The molecule has 3 rings (SSSR count). The Bertz CT molecular complexity index is 1030. The minimum Gasteiger partial charge on any atom is -0.352 e. The van der Waals surface area contributed by atoms with Gasteiger partial charge >= 0.3 is 0 Å². The zero-order valence-electron chi connectivity index (χ0n) is 18.9. The molecule has 0 aliphatic heterocycles. The van der Waals surface area contributed by atoms with Gasteiger partial charge in [0.15, 0.2) is 0 Å². The van der Waals surface area contributed by atoms with E-state index in [0.717, 1.165) is 20.5 Å². The summed E-state index contributed by atoms with van der Waals surface area (Å²) in [6.45, 7) is 4.23. The van der Waals surface area contributed by atoms with Gasteiger partial charge in [-0.25, -0.2) is 0 Å². The van der Waals surface area contributed by atoms with E-state index in [9.17, 15) is 9.59 Å². The van der Waals surface area contributed by atoms with E-state index in [2.05, 4.69) is 21.2 Å². The van der Waals surface area contributed by atoms with Crippen molar-refractivity contribution >= 4 is 39.5 Å². The molecule has 1 unspecified atom stereocenters. The van der Waals surface area contributed by atoms with Crippen LogP contribution in [-0.2, 0) is 22.6 Å². The van der Waals surface area contributed by atoms with E-state index in [1.54, 1.807) is 4.90 Å². The van der Waals surface area contributed by atoms with Crippen LogP contribution in [0.1, 0.15) is 25.0 Å². The van der Waals surface area contributed by atoms with Gasteiger partial charge in [-0.05, 0) is 49.2 Å². The third-order valence-electron chi connectivity index (χ3n) is 5.07. The van der Waals surface area contributed by atoms with Gasteiger partial charge in [0.1, 0.15) is 6.04 Å². The number of nitrogens with one attached hydrogen (secondary N) is 1. The molecule has 0 aliphatic carbocycles. The molecule has 0 radical (unpaired) electrons. The first kappa shape index (κ1) is 25.1. The van der Waals surface area contributed by atoms with Crippen LogP contribution >= 0.6 is 27.7 Å². The highest BCUT2D eigenvalue weighted by Crippen LogP contribution is 2.21. The molecule has 3 aromatic carbocycles. The summed E-state index contributed by atoms with van der Waals surface area (Å²) in [5, 5.41) is 3.02. The van der Waals surface area contributed by atoms with Gasteiger partial charge in [0.25, 0.3) is 0 Å². The lowest BCUT2D eigenvalue weighted by molar-refractivity contribution is -0.139. The maximum absolute atomic E-state index is 13.5. The third-order valence-corrected chi connectivity index (χ3v) is 6.60. The second-order valence-corrected chi connectivity index (χ2v) is 10.1. The van der Waals surface area contributed by atoms with E-state index in [1.165, 1.54) is 11.8 Å². The summed E-state index contributed by atoms with van der Waals surface area (Å²) in [4.78, 5) is 29.6. The Hall–Kier alpha value is -2.57. The monoisotopic (exact) mass is 524 g/mol. The summed E-state index contributed by atoms with van der Waals surface area (Å²) in [5.41, 5.74) is 2.00. The standard InChI is InChI=1S/C27H29BrN2O2S/c1-20(2)29-27(32)25(17-21-9-5-3-6-10-21)30(18-22-13-15-23(28)16-14-22)26(31)19-33-24-11-7-4-8-12-24/h3-16,20,25H,17-19H2,1-2H3,(H,29,32). The Balaban J connectivity index is 1.89. The highest BCUT2D eigenvalue weighted by Gasteiger charge is 2.30. The molecule has 0 bridgehead atoms. The van der Waals surface area contributed by atoms with Crippen molar-refractivity contribution in [3.63, 3.8) is 0 Å². The molecule has 0 spiro atoms. The van der Waals surface area contributed by atoms with Crippen molar-refractivity contribution in [3.05, 3.63) is 101 Å². The van der Waals surface area contributed by atoms with Crippen molar-refractivity contribution in [1.82, 2.24) is 10.2 Å². The molecule has 0 fully saturated rings. The molecule has 6 heteroatoms. The Morgan fingerprint density at radius 3 is 2.09 bits per heavy atom. The molecule has 4 nitrogen and oxygen atoms in total. The smallest absolute Gasteiger partial charge is 0.243 e. The van der Waals surface area contributed by atoms with Crippen molar-refractivity contribution in [1.29, 1.82) is 0 Å². The van der Waals surface area contributed by atoms with Crippen LogP contribution in [0.15, 0.2) is 94.3 Å². The normalized spacial score (nSPS) is 11.8. The molecular weight excluding hydrogens is 496 g/mol. The average molecular weight is 526 g/mol. The van der Waals surface area contributed by atoms with Gasteiger partial charge < -0.3 is 10.2 Å². The maximum atomic E-state index is 13.5. The molecule has 2 amide bonds. The second-order valence-electron chi connectivity index (χ2n) is 8.12. The summed E-state index contributed by atoms with van der Waals surface area (Å²) < 4.78 is 0.974. The van der Waals surface area contributed by atoms with Crippen molar-refractivity contribution in [2.24, 2.45) is 0 Å². The number of nitrogens with zero attached hydrogens (tertiary/aromatic N) is 1. The van der Waals surface area contributed by atoms with Gasteiger partial charge in [-0.2, -0.15) is 0 Å². The van der Waals surface area contributed by atoms with Gasteiger partial charge in [-0.3, -0.25) is 9.59 Å². The minimum absolute atomic E-state index is 0.0147. The number of rotatable bonds is 10. The van der Waals surface area contributed by atoms with Crippen LogP contribution < -0.4 is 5.32 Å². The van der Waals surface area contributed by atoms with Crippen LogP contribution in [0.2, 0.25) is 0 Å². The fraction of sp³-hybridized carbons (Fsp3) is 0.259. The quantitative estimate of drug-likeness (QED) is 0.345. The number of hydrogen-bond acceptors (Lipinski definition) is 3. The highest BCUT2D eigenvalue weighted by molar-refractivity contribution is 9.10. The molecule has 1 atom stereocenters. The van der Waals surface area contributed by atoms with Crippen LogP contribution in [0.25, 0.3) is 0 Å².